The van der Waals surface area contributed by atoms with Gasteiger partial charge in [-0.1, -0.05) is 0 Å². The Morgan fingerprint density at radius 2 is 2.33 bits per heavy atom. The average Bonchev–Trinajstić information content (AvgIpc) is 2.21. The van der Waals surface area contributed by atoms with E-state index in [4.69, 9.17) is 0 Å². The Balaban J connectivity index is 1.90. The molecule has 1 heterocycles. The van der Waals surface area contributed by atoms with Crippen molar-refractivity contribution in [3.63, 3.8) is 0 Å². The minimum Gasteiger partial charge on any atom is -0.342 e. The van der Waals surface area contributed by atoms with Crippen LogP contribution >= 0.6 is 11.8 Å². The molecular weight excluding hydrogens is 94.1 g/mol. The molecule has 0 radical (unpaired) electrons. The maximum atomic E-state index is 2.14. The summed E-state index contributed by atoms with van der Waals surface area (Å²) in [5.41, 5.74) is 0. The van der Waals surface area contributed by atoms with Gasteiger partial charge in [-0.2, -0.15) is 0 Å². The Kier molecular flexibility index (Phi) is 1.05. The van der Waals surface area contributed by atoms with Gasteiger partial charge in [0, 0.05) is 12.4 Å². The normalized spacial score (nSPS) is 15.8. The Labute approximate surface area is 42.0 Å². The number of thioether (sulfide) groups is 1. The Morgan fingerprint density at radius 1 is 1.67 bits per heavy atom. The molecule has 0 aliphatic carbocycles. The van der Waals surface area contributed by atoms with Gasteiger partial charge in [0.1, 0.15) is 0 Å². The van der Waals surface area contributed by atoms with Gasteiger partial charge in [0.15, 0.2) is 0 Å². The standard InChI is InChI=1S/C4H7NS/c1-6-4-5-2-3-5/h2-3H,4H2,1H3. The van der Waals surface area contributed by atoms with Gasteiger partial charge in [-0.15, -0.1) is 11.8 Å². The molecule has 0 aromatic carbocycles. The summed E-state index contributed by atoms with van der Waals surface area (Å²) in [6.07, 6.45) is 6.23. The zero-order chi connectivity index (χ0) is 4.41. The summed E-state index contributed by atoms with van der Waals surface area (Å²) >= 11 is 1.84. The SMILES string of the molecule is CSCN1C=C1. The smallest absolute Gasteiger partial charge is 0.0675 e. The van der Waals surface area contributed by atoms with E-state index in [2.05, 4.69) is 23.6 Å². The lowest BCUT2D eigenvalue weighted by molar-refractivity contribution is 0.730. The maximum absolute atomic E-state index is 2.14. The van der Waals surface area contributed by atoms with Crippen LogP contribution in [0.2, 0.25) is 0 Å². The fourth-order valence-electron chi connectivity index (χ4n) is 0.282. The first kappa shape index (κ1) is 4.06. The second-order valence-corrected chi connectivity index (χ2v) is 2.07. The fraction of sp³-hybridized carbons (Fsp3) is 0.500. The van der Waals surface area contributed by atoms with E-state index < -0.39 is 0 Å². The zero-order valence-electron chi connectivity index (χ0n) is 3.72. The molecule has 6 heavy (non-hydrogen) atoms. The van der Waals surface area contributed by atoms with Crippen LogP contribution in [0.3, 0.4) is 0 Å². The van der Waals surface area contributed by atoms with Gasteiger partial charge < -0.3 is 4.90 Å². The molecular formula is C4H7NS. The molecule has 1 nitrogen and oxygen atoms in total. The first-order valence-electron chi connectivity index (χ1n) is 1.86. The van der Waals surface area contributed by atoms with Crippen LogP contribution in [0.25, 0.3) is 0 Å². The van der Waals surface area contributed by atoms with Crippen molar-refractivity contribution in [2.45, 2.75) is 0 Å². The molecule has 0 saturated carbocycles. The first-order chi connectivity index (χ1) is 2.93. The molecule has 0 spiro atoms. The summed E-state index contributed by atoms with van der Waals surface area (Å²) in [5.74, 6) is 1.12. The maximum Gasteiger partial charge on any atom is 0.0675 e. The topological polar surface area (TPSA) is 3.01 Å². The van der Waals surface area contributed by atoms with Crippen molar-refractivity contribution in [1.29, 1.82) is 0 Å². The van der Waals surface area contributed by atoms with Crippen molar-refractivity contribution in [1.82, 2.24) is 4.90 Å². The highest BCUT2D eigenvalue weighted by atomic mass is 32.2. The predicted octanol–water partition coefficient (Wildman–Crippen LogP) is 1.09. The van der Waals surface area contributed by atoms with Crippen LogP contribution < -0.4 is 0 Å². The highest BCUT2D eigenvalue weighted by Gasteiger charge is 2.00. The summed E-state index contributed by atoms with van der Waals surface area (Å²) in [6.45, 7) is 0. The van der Waals surface area contributed by atoms with Crippen LogP contribution in [0.4, 0.5) is 0 Å². The van der Waals surface area contributed by atoms with Gasteiger partial charge >= 0.3 is 0 Å². The van der Waals surface area contributed by atoms with Crippen molar-refractivity contribution < 1.29 is 0 Å². The molecule has 1 aliphatic rings. The Hall–Kier alpha value is -0.110. The van der Waals surface area contributed by atoms with Crippen molar-refractivity contribution in [3.8, 4) is 0 Å². The monoisotopic (exact) mass is 101 g/mol. The van der Waals surface area contributed by atoms with Gasteiger partial charge in [0.25, 0.3) is 0 Å². The van der Waals surface area contributed by atoms with Crippen molar-refractivity contribution in [3.05, 3.63) is 12.4 Å². The van der Waals surface area contributed by atoms with Gasteiger partial charge in [0.05, 0.1) is 5.88 Å². The third kappa shape index (κ3) is 0.937. The molecule has 34 valence electrons. The molecule has 0 aromatic rings. The van der Waals surface area contributed by atoms with Gasteiger partial charge in [-0.3, -0.25) is 0 Å². The second-order valence-electron chi connectivity index (χ2n) is 1.23. The second kappa shape index (κ2) is 1.56. The summed E-state index contributed by atoms with van der Waals surface area (Å²) in [7, 11) is 0. The summed E-state index contributed by atoms with van der Waals surface area (Å²) in [6, 6.07) is 0. The molecule has 0 atom stereocenters. The third-order valence-electron chi connectivity index (χ3n) is 0.638. The van der Waals surface area contributed by atoms with Crippen LogP contribution in [0.15, 0.2) is 12.4 Å². The zero-order valence-corrected chi connectivity index (χ0v) is 4.53. The van der Waals surface area contributed by atoms with E-state index in [1.54, 1.807) is 0 Å². The van der Waals surface area contributed by atoms with E-state index in [1.807, 2.05) is 11.8 Å². The van der Waals surface area contributed by atoms with E-state index in [0.717, 1.165) is 5.88 Å². The third-order valence-corrected chi connectivity index (χ3v) is 1.19. The summed E-state index contributed by atoms with van der Waals surface area (Å²) in [4.78, 5) is 2.14. The largest absolute Gasteiger partial charge is 0.342 e. The molecule has 2 heteroatoms. The molecule has 1 aliphatic heterocycles. The van der Waals surface area contributed by atoms with Crippen molar-refractivity contribution >= 4 is 11.8 Å². The molecule has 0 saturated heterocycles. The van der Waals surface area contributed by atoms with Crippen LogP contribution in [0.1, 0.15) is 0 Å². The molecule has 0 bridgehead atoms. The molecule has 0 unspecified atom stereocenters. The summed E-state index contributed by atoms with van der Waals surface area (Å²) < 4.78 is 0. The summed E-state index contributed by atoms with van der Waals surface area (Å²) in [5, 5.41) is 0. The van der Waals surface area contributed by atoms with Crippen LogP contribution in [0.5, 0.6) is 0 Å². The van der Waals surface area contributed by atoms with Gasteiger partial charge in [0.2, 0.25) is 0 Å². The molecule has 0 aromatic heterocycles. The van der Waals surface area contributed by atoms with Crippen molar-refractivity contribution in [2.24, 2.45) is 0 Å². The van der Waals surface area contributed by atoms with E-state index in [1.165, 1.54) is 0 Å². The van der Waals surface area contributed by atoms with E-state index in [0.29, 0.717) is 0 Å². The van der Waals surface area contributed by atoms with Crippen molar-refractivity contribution in [2.75, 3.05) is 12.1 Å². The average molecular weight is 101 g/mol. The fourth-order valence-corrected chi connectivity index (χ4v) is 0.753. The Morgan fingerprint density at radius 3 is 2.50 bits per heavy atom. The highest BCUT2D eigenvalue weighted by molar-refractivity contribution is 7.98. The molecule has 0 fully saturated rings. The lowest BCUT2D eigenvalue weighted by Gasteiger charge is -1.93. The lowest BCUT2D eigenvalue weighted by Crippen LogP contribution is -1.89. The lowest BCUT2D eigenvalue weighted by atomic mass is 11.2. The minimum absolute atomic E-state index is 1.12. The quantitative estimate of drug-likeness (QED) is 0.512. The van der Waals surface area contributed by atoms with Crippen LogP contribution in [0, 0.1) is 0 Å². The van der Waals surface area contributed by atoms with E-state index in [9.17, 15) is 0 Å². The highest BCUT2D eigenvalue weighted by Crippen LogP contribution is 2.09. The van der Waals surface area contributed by atoms with Gasteiger partial charge in [-0.05, 0) is 6.26 Å². The number of nitrogens with zero attached hydrogens (tertiary/aromatic N) is 1. The Bertz CT molecular complexity index is 63.9. The van der Waals surface area contributed by atoms with Crippen LogP contribution in [-0.2, 0) is 0 Å². The number of hydrogen-bond donors (Lipinski definition) is 0. The number of rotatable bonds is 2. The molecule has 0 N–H and O–H groups in total. The van der Waals surface area contributed by atoms with E-state index in [-0.39, 0.29) is 0 Å². The van der Waals surface area contributed by atoms with E-state index >= 15 is 0 Å². The molecule has 1 rings (SSSR count). The first-order valence-corrected chi connectivity index (χ1v) is 3.26. The molecule has 0 amide bonds. The minimum atomic E-state index is 1.12. The van der Waals surface area contributed by atoms with Gasteiger partial charge in [-0.25, -0.2) is 0 Å². The van der Waals surface area contributed by atoms with Crippen LogP contribution in [-0.4, -0.2) is 17.0 Å². The predicted molar refractivity (Wildman–Crippen MR) is 29.4 cm³/mol. The number of hydrogen-bond acceptors (Lipinski definition) is 2.